The largest absolute Gasteiger partial charge is 0.481 e. The van der Waals surface area contributed by atoms with E-state index in [1.54, 1.807) is 24.5 Å². The molecule has 2 aromatic heterocycles. The van der Waals surface area contributed by atoms with Crippen LogP contribution in [0.3, 0.4) is 0 Å². The minimum Gasteiger partial charge on any atom is -0.481 e. The quantitative estimate of drug-likeness (QED) is 0.777. The molecule has 1 amide bonds. The van der Waals surface area contributed by atoms with Crippen LogP contribution in [0.25, 0.3) is 5.69 Å². The maximum Gasteiger partial charge on any atom is 0.252 e. The number of pyridine rings is 1. The van der Waals surface area contributed by atoms with Crippen molar-refractivity contribution in [2.24, 2.45) is 0 Å². The molecule has 1 N–H and O–H groups in total. The van der Waals surface area contributed by atoms with E-state index in [-0.39, 0.29) is 11.9 Å². The Bertz CT molecular complexity index is 874. The van der Waals surface area contributed by atoms with E-state index in [1.807, 2.05) is 48.9 Å². The summed E-state index contributed by atoms with van der Waals surface area (Å²) in [6, 6.07) is 13.0. The first-order chi connectivity index (χ1) is 12.1. The highest BCUT2D eigenvalue weighted by Gasteiger charge is 2.17. The Kier molecular flexibility index (Phi) is 4.79. The van der Waals surface area contributed by atoms with Gasteiger partial charge in [0.05, 0.1) is 25.0 Å². The summed E-state index contributed by atoms with van der Waals surface area (Å²) < 4.78 is 6.93. The fourth-order valence-corrected chi connectivity index (χ4v) is 2.70. The minimum atomic E-state index is -0.180. The van der Waals surface area contributed by atoms with Crippen LogP contribution in [0, 0.1) is 6.92 Å². The summed E-state index contributed by atoms with van der Waals surface area (Å²) in [6.07, 6.45) is 3.34. The Balaban J connectivity index is 1.78. The summed E-state index contributed by atoms with van der Waals surface area (Å²) in [5, 5.41) is 7.44. The van der Waals surface area contributed by atoms with E-state index in [4.69, 9.17) is 4.74 Å². The van der Waals surface area contributed by atoms with E-state index in [1.165, 1.54) is 7.11 Å². The molecule has 0 aliphatic rings. The molecule has 0 saturated heterocycles. The molecule has 0 unspecified atom stereocenters. The van der Waals surface area contributed by atoms with Crippen LogP contribution in [-0.4, -0.2) is 27.8 Å². The number of hydrogen-bond acceptors (Lipinski definition) is 4. The van der Waals surface area contributed by atoms with Crippen LogP contribution in [0.2, 0.25) is 0 Å². The second-order valence-electron chi connectivity index (χ2n) is 5.71. The number of para-hydroxylation sites is 1. The van der Waals surface area contributed by atoms with Gasteiger partial charge in [0.1, 0.15) is 0 Å². The van der Waals surface area contributed by atoms with Crippen molar-refractivity contribution in [3.8, 4) is 11.6 Å². The molecule has 0 aliphatic heterocycles. The van der Waals surface area contributed by atoms with Gasteiger partial charge in [-0.1, -0.05) is 18.2 Å². The number of ether oxygens (including phenoxy) is 1. The number of carbonyl (C=O) groups is 1. The molecule has 0 aliphatic carbocycles. The predicted molar refractivity (Wildman–Crippen MR) is 95.0 cm³/mol. The maximum absolute atomic E-state index is 12.5. The molecule has 3 rings (SSSR count). The number of rotatable bonds is 5. The fourth-order valence-electron chi connectivity index (χ4n) is 2.70. The van der Waals surface area contributed by atoms with Gasteiger partial charge in [-0.2, -0.15) is 5.10 Å². The van der Waals surface area contributed by atoms with Crippen LogP contribution >= 0.6 is 0 Å². The summed E-state index contributed by atoms with van der Waals surface area (Å²) in [7, 11) is 1.52. The van der Waals surface area contributed by atoms with Gasteiger partial charge < -0.3 is 10.1 Å². The highest BCUT2D eigenvalue weighted by molar-refractivity contribution is 5.94. The van der Waals surface area contributed by atoms with Gasteiger partial charge in [0, 0.05) is 29.1 Å². The number of benzene rings is 1. The lowest BCUT2D eigenvalue weighted by atomic mass is 10.1. The summed E-state index contributed by atoms with van der Waals surface area (Å²) in [4.78, 5) is 16.5. The molecule has 0 bridgehead atoms. The first-order valence-electron chi connectivity index (χ1n) is 8.01. The second kappa shape index (κ2) is 7.17. The standard InChI is InChI=1S/C19H20N4O2/c1-13(22-19(24)15-9-10-20-18(11-15)25-3)17-12-21-23(14(17)2)16-7-5-4-6-8-16/h4-13H,1-3H3,(H,22,24)/t13-/m1/s1. The first-order valence-corrected chi connectivity index (χ1v) is 8.01. The van der Waals surface area contributed by atoms with Crippen LogP contribution in [0.4, 0.5) is 0 Å². The molecule has 25 heavy (non-hydrogen) atoms. The Hall–Kier alpha value is -3.15. The third-order valence-electron chi connectivity index (χ3n) is 4.07. The van der Waals surface area contributed by atoms with Crippen LogP contribution in [0.5, 0.6) is 5.88 Å². The molecule has 3 aromatic rings. The lowest BCUT2D eigenvalue weighted by molar-refractivity contribution is 0.0939. The molecule has 0 saturated carbocycles. The monoisotopic (exact) mass is 336 g/mol. The lowest BCUT2D eigenvalue weighted by Crippen LogP contribution is -2.27. The number of methoxy groups -OCH3 is 1. The van der Waals surface area contributed by atoms with Crippen molar-refractivity contribution in [2.75, 3.05) is 7.11 Å². The Morgan fingerprint density at radius 3 is 2.72 bits per heavy atom. The number of nitrogens with zero attached hydrogens (tertiary/aromatic N) is 3. The van der Waals surface area contributed by atoms with Gasteiger partial charge >= 0.3 is 0 Å². The van der Waals surface area contributed by atoms with Crippen LogP contribution in [-0.2, 0) is 0 Å². The molecule has 1 atom stereocenters. The van der Waals surface area contributed by atoms with Crippen molar-refractivity contribution >= 4 is 5.91 Å². The summed E-state index contributed by atoms with van der Waals surface area (Å²) in [6.45, 7) is 3.93. The number of hydrogen-bond donors (Lipinski definition) is 1. The number of amides is 1. The van der Waals surface area contributed by atoms with Crippen molar-refractivity contribution in [1.29, 1.82) is 0 Å². The van der Waals surface area contributed by atoms with E-state index in [9.17, 15) is 4.79 Å². The molecular formula is C19H20N4O2. The van der Waals surface area contributed by atoms with Gasteiger partial charge in [0.2, 0.25) is 5.88 Å². The molecule has 0 spiro atoms. The molecule has 1 aromatic carbocycles. The predicted octanol–water partition coefficient (Wildman–Crippen LogP) is 3.08. The van der Waals surface area contributed by atoms with Crippen molar-refractivity contribution in [3.63, 3.8) is 0 Å². The molecule has 0 radical (unpaired) electrons. The van der Waals surface area contributed by atoms with Gasteiger partial charge in [-0.15, -0.1) is 0 Å². The van der Waals surface area contributed by atoms with E-state index in [0.29, 0.717) is 11.4 Å². The van der Waals surface area contributed by atoms with Gasteiger partial charge in [0.25, 0.3) is 5.91 Å². The molecule has 0 fully saturated rings. The number of aromatic nitrogens is 3. The third kappa shape index (κ3) is 3.52. The highest BCUT2D eigenvalue weighted by atomic mass is 16.5. The number of carbonyl (C=O) groups excluding carboxylic acids is 1. The molecular weight excluding hydrogens is 316 g/mol. The Morgan fingerprint density at radius 1 is 1.24 bits per heavy atom. The van der Waals surface area contributed by atoms with Gasteiger partial charge in [0.15, 0.2) is 0 Å². The van der Waals surface area contributed by atoms with E-state index in [2.05, 4.69) is 15.4 Å². The van der Waals surface area contributed by atoms with Crippen molar-refractivity contribution in [1.82, 2.24) is 20.1 Å². The lowest BCUT2D eigenvalue weighted by Gasteiger charge is -2.14. The normalized spacial score (nSPS) is 11.8. The third-order valence-corrected chi connectivity index (χ3v) is 4.07. The van der Waals surface area contributed by atoms with E-state index < -0.39 is 0 Å². The summed E-state index contributed by atoms with van der Waals surface area (Å²) >= 11 is 0. The fraction of sp³-hybridized carbons (Fsp3) is 0.211. The smallest absolute Gasteiger partial charge is 0.252 e. The molecule has 6 nitrogen and oxygen atoms in total. The van der Waals surface area contributed by atoms with Gasteiger partial charge in [-0.05, 0) is 32.0 Å². The van der Waals surface area contributed by atoms with E-state index in [0.717, 1.165) is 16.9 Å². The zero-order chi connectivity index (χ0) is 17.8. The summed E-state index contributed by atoms with van der Waals surface area (Å²) in [5.41, 5.74) is 3.46. The highest BCUT2D eigenvalue weighted by Crippen LogP contribution is 2.20. The zero-order valence-corrected chi connectivity index (χ0v) is 14.4. The maximum atomic E-state index is 12.5. The molecule has 128 valence electrons. The van der Waals surface area contributed by atoms with Crippen LogP contribution in [0.15, 0.2) is 54.9 Å². The minimum absolute atomic E-state index is 0.177. The SMILES string of the molecule is COc1cc(C(=O)N[C@H](C)c2cnn(-c3ccccc3)c2C)ccn1. The van der Waals surface area contributed by atoms with Crippen LogP contribution < -0.4 is 10.1 Å². The summed E-state index contributed by atoms with van der Waals surface area (Å²) in [5.74, 6) is 0.230. The average molecular weight is 336 g/mol. The molecule has 6 heteroatoms. The average Bonchev–Trinajstić information content (AvgIpc) is 3.04. The van der Waals surface area contributed by atoms with E-state index >= 15 is 0 Å². The van der Waals surface area contributed by atoms with Crippen molar-refractivity contribution in [2.45, 2.75) is 19.9 Å². The van der Waals surface area contributed by atoms with Crippen LogP contribution in [0.1, 0.15) is 34.6 Å². The topological polar surface area (TPSA) is 69.0 Å². The molecule has 2 heterocycles. The Morgan fingerprint density at radius 2 is 2.00 bits per heavy atom. The first kappa shape index (κ1) is 16.7. The van der Waals surface area contributed by atoms with Crippen molar-refractivity contribution in [3.05, 3.63) is 71.7 Å². The van der Waals surface area contributed by atoms with Gasteiger partial charge in [-0.25, -0.2) is 9.67 Å². The van der Waals surface area contributed by atoms with Crippen molar-refractivity contribution < 1.29 is 9.53 Å². The number of nitrogens with one attached hydrogen (secondary N) is 1. The second-order valence-corrected chi connectivity index (χ2v) is 5.71. The zero-order valence-electron chi connectivity index (χ0n) is 14.4. The Labute approximate surface area is 146 Å². The van der Waals surface area contributed by atoms with Gasteiger partial charge in [-0.3, -0.25) is 4.79 Å².